The Hall–Kier alpha value is -5.05. The minimum atomic E-state index is -4.45. The molecule has 6 nitrogen and oxygen atoms in total. The van der Waals surface area contributed by atoms with Crippen molar-refractivity contribution in [2.45, 2.75) is 57.8 Å². The number of rotatable bonds is 14. The molecule has 0 unspecified atom stereocenters. The van der Waals surface area contributed by atoms with Gasteiger partial charge in [-0.2, -0.15) is 13.2 Å². The maximum absolute atomic E-state index is 14.6. The lowest BCUT2D eigenvalue weighted by Crippen LogP contribution is -2.56. The van der Waals surface area contributed by atoms with E-state index in [9.17, 15) is 22.8 Å². The second-order valence-electron chi connectivity index (χ2n) is 12.9. The maximum Gasteiger partial charge on any atom is 0.416 e. The van der Waals surface area contributed by atoms with Crippen LogP contribution in [0, 0.1) is 0 Å². The fraction of sp³-hybridized carbons (Fsp3) is 0.333. The molecule has 51 heavy (non-hydrogen) atoms. The van der Waals surface area contributed by atoms with Crippen molar-refractivity contribution in [2.24, 2.45) is 0 Å². The third-order valence-electron chi connectivity index (χ3n) is 9.33. The topological polar surface area (TPSA) is 53.1 Å². The average Bonchev–Trinajstić information content (AvgIpc) is 3.16. The molecular weight excluding hydrogens is 651 g/mol. The van der Waals surface area contributed by atoms with Gasteiger partial charge in [0.1, 0.15) is 11.8 Å². The van der Waals surface area contributed by atoms with E-state index in [-0.39, 0.29) is 12.5 Å². The molecule has 4 aromatic rings. The van der Waals surface area contributed by atoms with Crippen molar-refractivity contribution in [3.8, 4) is 5.75 Å². The number of anilines is 1. The van der Waals surface area contributed by atoms with Gasteiger partial charge in [0.2, 0.25) is 11.8 Å². The first kappa shape index (κ1) is 37.2. The zero-order valence-electron chi connectivity index (χ0n) is 29.3. The van der Waals surface area contributed by atoms with Gasteiger partial charge in [-0.15, -0.1) is 0 Å². The Morgan fingerprint density at radius 3 is 2.16 bits per heavy atom. The summed E-state index contributed by atoms with van der Waals surface area (Å²) in [7, 11) is 1.64. The number of nitrogens with zero attached hydrogens (tertiary/aromatic N) is 3. The molecule has 0 spiro atoms. The summed E-state index contributed by atoms with van der Waals surface area (Å²) in [5, 5.41) is 0. The van der Waals surface area contributed by atoms with Gasteiger partial charge in [0.25, 0.3) is 0 Å². The first-order chi connectivity index (χ1) is 24.6. The summed E-state index contributed by atoms with van der Waals surface area (Å²) in [6.07, 6.45) is 3.10. The Labute approximate surface area is 299 Å². The molecule has 1 fully saturated rings. The molecule has 0 saturated carbocycles. The Morgan fingerprint density at radius 1 is 0.824 bits per heavy atom. The van der Waals surface area contributed by atoms with Gasteiger partial charge in [0.05, 0.1) is 12.7 Å². The van der Waals surface area contributed by atoms with Gasteiger partial charge in [-0.3, -0.25) is 9.59 Å². The van der Waals surface area contributed by atoms with Crippen LogP contribution in [0.3, 0.4) is 0 Å². The van der Waals surface area contributed by atoms with Crippen molar-refractivity contribution in [2.75, 3.05) is 38.2 Å². The van der Waals surface area contributed by atoms with E-state index in [1.54, 1.807) is 12.0 Å². The molecule has 1 aliphatic rings. The van der Waals surface area contributed by atoms with Gasteiger partial charge in [0, 0.05) is 57.0 Å². The smallest absolute Gasteiger partial charge is 0.416 e. The van der Waals surface area contributed by atoms with Gasteiger partial charge in [0.15, 0.2) is 0 Å². The summed E-state index contributed by atoms with van der Waals surface area (Å²) in [4.78, 5) is 34.4. The fourth-order valence-electron chi connectivity index (χ4n) is 6.35. The quantitative estimate of drug-likeness (QED) is 0.0981. The summed E-state index contributed by atoms with van der Waals surface area (Å²) in [5.41, 5.74) is 3.74. The summed E-state index contributed by atoms with van der Waals surface area (Å²) in [5.74, 6) is 0.226. The monoisotopic (exact) mass is 697 g/mol. The number of piperazine rings is 1. The highest BCUT2D eigenvalue weighted by atomic mass is 19.4. The minimum Gasteiger partial charge on any atom is -0.497 e. The van der Waals surface area contributed by atoms with Crippen LogP contribution in [0.1, 0.15) is 54.0 Å². The second-order valence-corrected chi connectivity index (χ2v) is 12.9. The first-order valence-corrected chi connectivity index (χ1v) is 17.6. The Balaban J connectivity index is 1.42. The lowest BCUT2D eigenvalue weighted by atomic mass is 10.0. The molecule has 5 rings (SSSR count). The molecule has 1 saturated heterocycles. The van der Waals surface area contributed by atoms with Crippen LogP contribution in [0.5, 0.6) is 5.75 Å². The van der Waals surface area contributed by atoms with Crippen LogP contribution in [0.15, 0.2) is 109 Å². The number of carbonyl (C=O) groups is 2. The number of methoxy groups -OCH3 is 1. The largest absolute Gasteiger partial charge is 0.497 e. The SMILES string of the molecule is CCCCCc1ccc(CN(C(=O)/C=C/c2ccc(C(F)(F)F)cc2)[C@@H](Cc2ccccc2)C(=O)N2CCN(c3cccc(OC)c3)CC2)cc1. The van der Waals surface area contributed by atoms with Crippen molar-refractivity contribution in [1.29, 1.82) is 0 Å². The van der Waals surface area contributed by atoms with Crippen molar-refractivity contribution >= 4 is 23.6 Å². The van der Waals surface area contributed by atoms with Crippen LogP contribution < -0.4 is 9.64 Å². The van der Waals surface area contributed by atoms with Crippen LogP contribution >= 0.6 is 0 Å². The summed E-state index contributed by atoms with van der Waals surface area (Å²) < 4.78 is 44.9. The molecule has 1 heterocycles. The number of aryl methyl sites for hydroxylation is 1. The van der Waals surface area contributed by atoms with Gasteiger partial charge < -0.3 is 19.4 Å². The maximum atomic E-state index is 14.6. The molecule has 0 radical (unpaired) electrons. The summed E-state index contributed by atoms with van der Waals surface area (Å²) in [6.45, 7) is 4.58. The third-order valence-corrected chi connectivity index (χ3v) is 9.33. The highest BCUT2D eigenvalue weighted by molar-refractivity contribution is 5.96. The van der Waals surface area contributed by atoms with Crippen LogP contribution in [0.4, 0.5) is 18.9 Å². The molecule has 0 aromatic heterocycles. The van der Waals surface area contributed by atoms with Crippen molar-refractivity contribution < 1.29 is 27.5 Å². The standard InChI is InChI=1S/C42H46F3N3O3/c1-3-4-6-10-32-15-17-35(18-16-32)31-48(40(49)24-21-33-19-22-36(23-20-33)42(43,44)45)39(29-34-11-7-5-8-12-34)41(50)47-27-25-46(26-28-47)37-13-9-14-38(30-37)51-2/h5,7-9,11-24,30,39H,3-4,6,10,25-29,31H2,1-2H3/b24-21+/t39-/m0/s1. The van der Waals surface area contributed by atoms with E-state index >= 15 is 0 Å². The van der Waals surface area contributed by atoms with Crippen LogP contribution in [0.2, 0.25) is 0 Å². The zero-order chi connectivity index (χ0) is 36.2. The molecule has 0 N–H and O–H groups in total. The number of hydrogen-bond donors (Lipinski definition) is 0. The number of hydrogen-bond acceptors (Lipinski definition) is 4. The molecule has 1 aliphatic heterocycles. The van der Waals surface area contributed by atoms with Gasteiger partial charge in [-0.05, 0) is 65.4 Å². The fourth-order valence-corrected chi connectivity index (χ4v) is 6.35. The molecule has 4 aromatic carbocycles. The Bertz CT molecular complexity index is 1730. The highest BCUT2D eigenvalue weighted by Crippen LogP contribution is 2.29. The molecule has 0 aliphatic carbocycles. The lowest BCUT2D eigenvalue weighted by Gasteiger charge is -2.40. The number of alkyl halides is 3. The highest BCUT2D eigenvalue weighted by Gasteiger charge is 2.34. The first-order valence-electron chi connectivity index (χ1n) is 17.6. The van der Waals surface area contributed by atoms with Crippen LogP contribution in [-0.4, -0.2) is 60.9 Å². The molecule has 268 valence electrons. The van der Waals surface area contributed by atoms with E-state index in [4.69, 9.17) is 4.74 Å². The number of ether oxygens (including phenoxy) is 1. The van der Waals surface area contributed by atoms with Crippen molar-refractivity contribution in [1.82, 2.24) is 9.80 Å². The van der Waals surface area contributed by atoms with Gasteiger partial charge >= 0.3 is 6.18 Å². The number of halogens is 3. The normalized spacial score (nSPS) is 14.1. The summed E-state index contributed by atoms with van der Waals surface area (Å²) >= 11 is 0. The van der Waals surface area contributed by atoms with E-state index in [2.05, 4.69) is 24.0 Å². The van der Waals surface area contributed by atoms with E-state index in [0.717, 1.165) is 60.4 Å². The number of unbranched alkanes of at least 4 members (excludes halogenated alkanes) is 2. The molecule has 2 amide bonds. The van der Waals surface area contributed by atoms with Gasteiger partial charge in [-0.1, -0.05) is 92.6 Å². The van der Waals surface area contributed by atoms with Crippen molar-refractivity contribution in [3.05, 3.63) is 137 Å². The Kier molecular flexibility index (Phi) is 12.9. The molecular formula is C42H46F3N3O3. The zero-order valence-corrected chi connectivity index (χ0v) is 29.3. The Morgan fingerprint density at radius 2 is 1.51 bits per heavy atom. The average molecular weight is 698 g/mol. The molecule has 9 heteroatoms. The van der Waals surface area contributed by atoms with E-state index in [0.29, 0.717) is 38.2 Å². The van der Waals surface area contributed by atoms with E-state index in [1.807, 2.05) is 71.6 Å². The molecule has 0 bridgehead atoms. The minimum absolute atomic E-state index is 0.142. The van der Waals surface area contributed by atoms with Crippen molar-refractivity contribution in [3.63, 3.8) is 0 Å². The summed E-state index contributed by atoms with van der Waals surface area (Å²) in [6, 6.07) is 29.5. The van der Waals surface area contributed by atoms with Crippen LogP contribution in [-0.2, 0) is 35.2 Å². The van der Waals surface area contributed by atoms with E-state index < -0.39 is 23.7 Å². The number of benzene rings is 4. The number of carbonyl (C=O) groups excluding carboxylic acids is 2. The lowest BCUT2D eigenvalue weighted by molar-refractivity contribution is -0.144. The predicted octanol–water partition coefficient (Wildman–Crippen LogP) is 8.45. The van der Waals surface area contributed by atoms with Crippen LogP contribution in [0.25, 0.3) is 6.08 Å². The third kappa shape index (κ3) is 10.5. The second kappa shape index (κ2) is 17.7. The number of amides is 2. The predicted molar refractivity (Wildman–Crippen MR) is 196 cm³/mol. The molecule has 1 atom stereocenters. The van der Waals surface area contributed by atoms with Gasteiger partial charge in [-0.25, -0.2) is 0 Å². The van der Waals surface area contributed by atoms with E-state index in [1.165, 1.54) is 29.8 Å².